The van der Waals surface area contributed by atoms with Crippen LogP contribution in [0.15, 0.2) is 35.9 Å². The Kier molecular flexibility index (Phi) is 3.03. The van der Waals surface area contributed by atoms with Gasteiger partial charge in [0.25, 0.3) is 0 Å². The van der Waals surface area contributed by atoms with Crippen LogP contribution in [0.25, 0.3) is 5.83 Å². The summed E-state index contributed by atoms with van der Waals surface area (Å²) in [4.78, 5) is 0. The molecule has 0 fully saturated rings. The molecule has 64 valence electrons. The first kappa shape index (κ1) is 8.98. The largest absolute Gasteiger partial charge is 0.206 e. The predicted molar refractivity (Wildman–Crippen MR) is 50.4 cm³/mol. The second-order valence-electron chi connectivity index (χ2n) is 2.81. The molecule has 0 unspecified atom stereocenters. The van der Waals surface area contributed by atoms with Gasteiger partial charge in [-0.25, -0.2) is 4.39 Å². The smallest absolute Gasteiger partial charge is 0.129 e. The van der Waals surface area contributed by atoms with Crippen molar-refractivity contribution in [2.75, 3.05) is 0 Å². The van der Waals surface area contributed by atoms with Gasteiger partial charge in [0.2, 0.25) is 0 Å². The van der Waals surface area contributed by atoms with Crippen molar-refractivity contribution in [1.29, 1.82) is 0 Å². The Labute approximate surface area is 72.7 Å². The van der Waals surface area contributed by atoms with Crippen LogP contribution in [0.3, 0.4) is 0 Å². The molecule has 1 aromatic rings. The lowest BCUT2D eigenvalue weighted by molar-refractivity contribution is 0.743. The van der Waals surface area contributed by atoms with Crippen molar-refractivity contribution in [2.45, 2.75) is 20.3 Å². The fraction of sp³-hybridized carbons (Fsp3) is 0.273. The van der Waals surface area contributed by atoms with Gasteiger partial charge >= 0.3 is 0 Å². The van der Waals surface area contributed by atoms with Gasteiger partial charge in [-0.05, 0) is 18.9 Å². The van der Waals surface area contributed by atoms with E-state index in [-0.39, 0.29) is 5.83 Å². The molecule has 1 aromatic carbocycles. The molecular formula is C11H13F. The number of benzene rings is 1. The zero-order valence-corrected chi connectivity index (χ0v) is 7.47. The molecule has 0 radical (unpaired) electrons. The Morgan fingerprint density at radius 1 is 1.25 bits per heavy atom. The summed E-state index contributed by atoms with van der Waals surface area (Å²) in [6.45, 7) is 3.78. The molecule has 1 heteroatoms. The highest BCUT2D eigenvalue weighted by atomic mass is 19.1. The summed E-state index contributed by atoms with van der Waals surface area (Å²) in [6.07, 6.45) is 0.765. The van der Waals surface area contributed by atoms with E-state index in [9.17, 15) is 4.39 Å². The molecule has 0 aliphatic heterocycles. The van der Waals surface area contributed by atoms with Gasteiger partial charge < -0.3 is 0 Å². The number of hydrogen-bond donors (Lipinski definition) is 0. The summed E-state index contributed by atoms with van der Waals surface area (Å²) in [5.41, 5.74) is 1.48. The number of rotatable bonds is 2. The molecular weight excluding hydrogens is 151 g/mol. The molecule has 0 spiro atoms. The number of hydrogen-bond acceptors (Lipinski definition) is 0. The summed E-state index contributed by atoms with van der Waals surface area (Å²) in [6, 6.07) is 9.15. The second kappa shape index (κ2) is 4.05. The Hall–Kier alpha value is -1.11. The predicted octanol–water partition coefficient (Wildman–Crippen LogP) is 3.80. The third-order valence-corrected chi connectivity index (χ3v) is 1.93. The average molecular weight is 164 g/mol. The van der Waals surface area contributed by atoms with Crippen LogP contribution in [0, 0.1) is 0 Å². The van der Waals surface area contributed by atoms with Crippen molar-refractivity contribution in [3.05, 3.63) is 41.5 Å². The minimum Gasteiger partial charge on any atom is -0.206 e. The third kappa shape index (κ3) is 1.94. The van der Waals surface area contributed by atoms with E-state index in [1.807, 2.05) is 32.0 Å². The van der Waals surface area contributed by atoms with E-state index in [4.69, 9.17) is 0 Å². The van der Waals surface area contributed by atoms with E-state index in [1.165, 1.54) is 0 Å². The van der Waals surface area contributed by atoms with Gasteiger partial charge in [0, 0.05) is 5.56 Å². The van der Waals surface area contributed by atoms with E-state index >= 15 is 0 Å². The van der Waals surface area contributed by atoms with Gasteiger partial charge in [-0.3, -0.25) is 0 Å². The quantitative estimate of drug-likeness (QED) is 0.623. The van der Waals surface area contributed by atoms with Crippen LogP contribution >= 0.6 is 0 Å². The average Bonchev–Trinajstić information content (AvgIpc) is 2.17. The van der Waals surface area contributed by atoms with Gasteiger partial charge in [-0.2, -0.15) is 0 Å². The second-order valence-corrected chi connectivity index (χ2v) is 2.81. The van der Waals surface area contributed by atoms with E-state index in [1.54, 1.807) is 12.1 Å². The number of halogens is 1. The van der Waals surface area contributed by atoms with Crippen molar-refractivity contribution < 1.29 is 4.39 Å². The van der Waals surface area contributed by atoms with Crippen LogP contribution in [0.2, 0.25) is 0 Å². The Morgan fingerprint density at radius 2 is 1.83 bits per heavy atom. The van der Waals surface area contributed by atoms with Crippen LogP contribution in [-0.2, 0) is 0 Å². The third-order valence-electron chi connectivity index (χ3n) is 1.93. The zero-order chi connectivity index (χ0) is 8.97. The fourth-order valence-corrected chi connectivity index (χ4v) is 0.986. The molecule has 0 saturated carbocycles. The first-order valence-corrected chi connectivity index (χ1v) is 4.16. The van der Waals surface area contributed by atoms with Crippen LogP contribution in [-0.4, -0.2) is 0 Å². The van der Waals surface area contributed by atoms with Crippen molar-refractivity contribution in [3.8, 4) is 0 Å². The summed E-state index contributed by atoms with van der Waals surface area (Å²) in [5.74, 6) is -0.0851. The van der Waals surface area contributed by atoms with E-state index < -0.39 is 0 Å². The zero-order valence-electron chi connectivity index (χ0n) is 7.47. The molecule has 0 amide bonds. The summed E-state index contributed by atoms with van der Waals surface area (Å²) in [5, 5.41) is 0. The minimum atomic E-state index is -0.0851. The van der Waals surface area contributed by atoms with Crippen molar-refractivity contribution >= 4 is 5.83 Å². The standard InChI is InChI=1S/C11H13F/c1-3-9(2)11(12)10-7-5-4-6-8-10/h4-8H,3H2,1-2H3/b11-9-. The number of allylic oxidation sites excluding steroid dienone is 1. The Bertz CT molecular complexity index is 272. The summed E-state index contributed by atoms with van der Waals surface area (Å²) >= 11 is 0. The SMILES string of the molecule is CC/C(C)=C(\F)c1ccccc1. The lowest BCUT2D eigenvalue weighted by Gasteiger charge is -2.00. The molecule has 0 heterocycles. The Balaban J connectivity index is 3.00. The highest BCUT2D eigenvalue weighted by Crippen LogP contribution is 2.20. The first-order valence-electron chi connectivity index (χ1n) is 4.16. The topological polar surface area (TPSA) is 0 Å². The molecule has 0 nitrogen and oxygen atoms in total. The van der Waals surface area contributed by atoms with Gasteiger partial charge in [0.1, 0.15) is 5.83 Å². The van der Waals surface area contributed by atoms with E-state index in [2.05, 4.69) is 0 Å². The molecule has 0 aliphatic carbocycles. The van der Waals surface area contributed by atoms with Crippen LogP contribution < -0.4 is 0 Å². The summed E-state index contributed by atoms with van der Waals surface area (Å²) in [7, 11) is 0. The molecule has 0 aliphatic rings. The molecule has 0 N–H and O–H groups in total. The van der Waals surface area contributed by atoms with Crippen molar-refractivity contribution in [3.63, 3.8) is 0 Å². The molecule has 0 atom stereocenters. The maximum Gasteiger partial charge on any atom is 0.129 e. The maximum atomic E-state index is 13.4. The van der Waals surface area contributed by atoms with Crippen molar-refractivity contribution in [1.82, 2.24) is 0 Å². The van der Waals surface area contributed by atoms with Crippen LogP contribution in [0.4, 0.5) is 4.39 Å². The lowest BCUT2D eigenvalue weighted by atomic mass is 10.1. The van der Waals surface area contributed by atoms with Gasteiger partial charge in [-0.15, -0.1) is 0 Å². The van der Waals surface area contributed by atoms with Gasteiger partial charge in [0.05, 0.1) is 0 Å². The van der Waals surface area contributed by atoms with Crippen molar-refractivity contribution in [2.24, 2.45) is 0 Å². The first-order chi connectivity index (χ1) is 5.75. The monoisotopic (exact) mass is 164 g/mol. The minimum absolute atomic E-state index is 0.0851. The van der Waals surface area contributed by atoms with Crippen LogP contribution in [0.1, 0.15) is 25.8 Å². The van der Waals surface area contributed by atoms with Gasteiger partial charge in [0.15, 0.2) is 0 Å². The lowest BCUT2D eigenvalue weighted by Crippen LogP contribution is -1.81. The molecule has 12 heavy (non-hydrogen) atoms. The highest BCUT2D eigenvalue weighted by Gasteiger charge is 2.01. The van der Waals surface area contributed by atoms with Gasteiger partial charge in [-0.1, -0.05) is 37.3 Å². The molecule has 0 aromatic heterocycles. The van der Waals surface area contributed by atoms with E-state index in [0.717, 1.165) is 12.0 Å². The van der Waals surface area contributed by atoms with E-state index in [0.29, 0.717) is 5.56 Å². The normalized spacial score (nSPS) is 12.6. The Morgan fingerprint density at radius 3 is 2.33 bits per heavy atom. The summed E-state index contributed by atoms with van der Waals surface area (Å²) < 4.78 is 13.4. The maximum absolute atomic E-state index is 13.4. The highest BCUT2D eigenvalue weighted by molar-refractivity contribution is 5.61. The van der Waals surface area contributed by atoms with Crippen LogP contribution in [0.5, 0.6) is 0 Å². The fourth-order valence-electron chi connectivity index (χ4n) is 0.986. The molecule has 0 bridgehead atoms. The molecule has 0 saturated heterocycles. The molecule has 1 rings (SSSR count).